The van der Waals surface area contributed by atoms with Crippen LogP contribution in [-0.2, 0) is 11.3 Å². The Morgan fingerprint density at radius 2 is 2.00 bits per heavy atom. The van der Waals surface area contributed by atoms with Gasteiger partial charge in [0, 0.05) is 43.2 Å². The third kappa shape index (κ3) is 1.81. The number of pyridine rings is 1. The molecular formula is C15H18N2O2. The number of carbonyl (C=O) groups excluding carboxylic acids is 1. The fraction of sp³-hybridized carbons (Fsp3) is 0.600. The van der Waals surface area contributed by atoms with Gasteiger partial charge in [-0.3, -0.25) is 9.59 Å². The molecule has 4 nitrogen and oxygen atoms in total. The lowest BCUT2D eigenvalue weighted by Crippen LogP contribution is -2.49. The minimum atomic E-state index is 0.106. The smallest absolute Gasteiger partial charge is 0.250 e. The minimum absolute atomic E-state index is 0.106. The lowest BCUT2D eigenvalue weighted by atomic mass is 9.83. The molecule has 0 N–H and O–H groups in total. The van der Waals surface area contributed by atoms with Crippen LogP contribution in [-0.4, -0.2) is 28.5 Å². The zero-order chi connectivity index (χ0) is 13.0. The van der Waals surface area contributed by atoms with Crippen LogP contribution >= 0.6 is 0 Å². The number of fused-ring (bicyclic) bond motifs is 4. The maximum atomic E-state index is 12.2. The van der Waals surface area contributed by atoms with Crippen molar-refractivity contribution in [2.24, 2.45) is 11.8 Å². The summed E-state index contributed by atoms with van der Waals surface area (Å²) >= 11 is 0. The second-order valence-electron chi connectivity index (χ2n) is 6.22. The third-order valence-corrected chi connectivity index (χ3v) is 4.72. The maximum absolute atomic E-state index is 12.2. The Hall–Kier alpha value is -1.58. The molecule has 1 amide bonds. The van der Waals surface area contributed by atoms with E-state index in [9.17, 15) is 9.59 Å². The van der Waals surface area contributed by atoms with Crippen molar-refractivity contribution in [3.8, 4) is 0 Å². The normalized spacial score (nSPS) is 28.9. The molecule has 3 aliphatic rings. The van der Waals surface area contributed by atoms with E-state index in [0.29, 0.717) is 23.7 Å². The van der Waals surface area contributed by atoms with Crippen molar-refractivity contribution in [1.29, 1.82) is 0 Å². The number of hydrogen-bond donors (Lipinski definition) is 0. The predicted molar refractivity (Wildman–Crippen MR) is 70.9 cm³/mol. The van der Waals surface area contributed by atoms with Gasteiger partial charge in [0.15, 0.2) is 0 Å². The van der Waals surface area contributed by atoms with Crippen LogP contribution in [0.25, 0.3) is 0 Å². The predicted octanol–water partition coefficient (Wildman–Crippen LogP) is 1.20. The molecule has 19 heavy (non-hydrogen) atoms. The summed E-state index contributed by atoms with van der Waals surface area (Å²) in [6.07, 6.45) is 3.26. The summed E-state index contributed by atoms with van der Waals surface area (Å²) in [5.41, 5.74) is 1.23. The fourth-order valence-corrected chi connectivity index (χ4v) is 3.66. The van der Waals surface area contributed by atoms with Crippen molar-refractivity contribution >= 4 is 5.91 Å². The summed E-state index contributed by atoms with van der Waals surface area (Å²) in [5.74, 6) is 1.45. The highest BCUT2D eigenvalue weighted by Crippen LogP contribution is 2.38. The molecule has 1 aromatic heterocycles. The van der Waals surface area contributed by atoms with Gasteiger partial charge in [-0.2, -0.15) is 0 Å². The van der Waals surface area contributed by atoms with Gasteiger partial charge in [-0.15, -0.1) is 0 Å². The Morgan fingerprint density at radius 1 is 1.16 bits per heavy atom. The van der Waals surface area contributed by atoms with Crippen LogP contribution in [0.4, 0.5) is 0 Å². The SMILES string of the molecule is O=C(C1CC1)N1CC2CC(C1)c1cccc(=O)n1C2. The summed E-state index contributed by atoms with van der Waals surface area (Å²) < 4.78 is 1.91. The quantitative estimate of drug-likeness (QED) is 0.759. The van der Waals surface area contributed by atoms with Crippen LogP contribution in [0.3, 0.4) is 0 Å². The number of rotatable bonds is 1. The maximum Gasteiger partial charge on any atom is 0.250 e. The first kappa shape index (κ1) is 11.3. The highest BCUT2D eigenvalue weighted by molar-refractivity contribution is 5.81. The van der Waals surface area contributed by atoms with Gasteiger partial charge < -0.3 is 9.47 Å². The highest BCUT2D eigenvalue weighted by Gasteiger charge is 2.40. The molecule has 4 heteroatoms. The van der Waals surface area contributed by atoms with Crippen molar-refractivity contribution < 1.29 is 4.79 Å². The lowest BCUT2D eigenvalue weighted by molar-refractivity contribution is -0.135. The van der Waals surface area contributed by atoms with Gasteiger partial charge in [0.25, 0.3) is 5.56 Å². The van der Waals surface area contributed by atoms with E-state index in [1.54, 1.807) is 6.07 Å². The van der Waals surface area contributed by atoms with Gasteiger partial charge in [-0.05, 0) is 31.2 Å². The van der Waals surface area contributed by atoms with Crippen LogP contribution in [0.1, 0.15) is 30.9 Å². The van der Waals surface area contributed by atoms with Crippen LogP contribution in [0.5, 0.6) is 0 Å². The molecule has 4 rings (SSSR count). The van der Waals surface area contributed by atoms with Gasteiger partial charge in [0.2, 0.25) is 5.91 Å². The molecule has 0 radical (unpaired) electrons. The van der Waals surface area contributed by atoms with E-state index in [2.05, 4.69) is 4.90 Å². The Balaban J connectivity index is 1.66. The molecule has 1 saturated carbocycles. The number of nitrogens with zero attached hydrogens (tertiary/aromatic N) is 2. The van der Waals surface area contributed by atoms with Crippen molar-refractivity contribution in [2.75, 3.05) is 13.1 Å². The molecule has 0 aromatic carbocycles. The van der Waals surface area contributed by atoms with Gasteiger partial charge in [0.1, 0.15) is 0 Å². The molecule has 1 saturated heterocycles. The molecular weight excluding hydrogens is 240 g/mol. The minimum Gasteiger partial charge on any atom is -0.341 e. The summed E-state index contributed by atoms with van der Waals surface area (Å²) in [6.45, 7) is 2.42. The average molecular weight is 258 g/mol. The highest BCUT2D eigenvalue weighted by atomic mass is 16.2. The first-order chi connectivity index (χ1) is 9.22. The standard InChI is InChI=1S/C15H18N2O2/c18-14-3-1-2-13-12-6-10(8-17(13)14)7-16(9-12)15(19)11-4-5-11/h1-3,10-12H,4-9H2. The van der Waals surface area contributed by atoms with Crippen molar-refractivity contribution in [1.82, 2.24) is 9.47 Å². The molecule has 3 heterocycles. The Morgan fingerprint density at radius 3 is 2.79 bits per heavy atom. The molecule has 1 aliphatic carbocycles. The molecule has 2 bridgehead atoms. The van der Waals surface area contributed by atoms with Gasteiger partial charge in [-0.1, -0.05) is 6.07 Å². The van der Waals surface area contributed by atoms with Crippen LogP contribution < -0.4 is 5.56 Å². The number of likely N-dealkylation sites (tertiary alicyclic amines) is 1. The summed E-state index contributed by atoms with van der Waals surface area (Å²) in [6, 6.07) is 5.53. The summed E-state index contributed by atoms with van der Waals surface area (Å²) in [7, 11) is 0. The zero-order valence-corrected chi connectivity index (χ0v) is 10.9. The molecule has 1 aromatic rings. The van der Waals surface area contributed by atoms with Gasteiger partial charge in [0.05, 0.1) is 0 Å². The molecule has 100 valence electrons. The summed E-state index contributed by atoms with van der Waals surface area (Å²) in [5, 5.41) is 0. The largest absolute Gasteiger partial charge is 0.341 e. The van der Waals surface area contributed by atoms with Gasteiger partial charge in [-0.25, -0.2) is 0 Å². The van der Waals surface area contributed by atoms with Crippen molar-refractivity contribution in [3.05, 3.63) is 34.2 Å². The van der Waals surface area contributed by atoms with E-state index in [4.69, 9.17) is 0 Å². The van der Waals surface area contributed by atoms with Crippen LogP contribution in [0, 0.1) is 11.8 Å². The Kier molecular flexibility index (Phi) is 2.34. The Labute approximate surface area is 112 Å². The first-order valence-corrected chi connectivity index (χ1v) is 7.21. The number of hydrogen-bond acceptors (Lipinski definition) is 2. The zero-order valence-electron chi connectivity index (χ0n) is 10.9. The molecule has 2 atom stereocenters. The van der Waals surface area contributed by atoms with E-state index < -0.39 is 0 Å². The van der Waals surface area contributed by atoms with E-state index in [-0.39, 0.29) is 5.56 Å². The van der Waals surface area contributed by atoms with Crippen molar-refractivity contribution in [3.63, 3.8) is 0 Å². The topological polar surface area (TPSA) is 42.3 Å². The third-order valence-electron chi connectivity index (χ3n) is 4.72. The van der Waals surface area contributed by atoms with E-state index in [1.165, 1.54) is 0 Å². The molecule has 0 spiro atoms. The van der Waals surface area contributed by atoms with E-state index >= 15 is 0 Å². The lowest BCUT2D eigenvalue weighted by Gasteiger charge is -2.42. The molecule has 2 aliphatic heterocycles. The summed E-state index contributed by atoms with van der Waals surface area (Å²) in [4.78, 5) is 26.2. The van der Waals surface area contributed by atoms with E-state index in [0.717, 1.165) is 44.6 Å². The number of amides is 1. The van der Waals surface area contributed by atoms with E-state index in [1.807, 2.05) is 16.7 Å². The van der Waals surface area contributed by atoms with Gasteiger partial charge >= 0.3 is 0 Å². The monoisotopic (exact) mass is 258 g/mol. The second-order valence-corrected chi connectivity index (χ2v) is 6.22. The molecule has 2 unspecified atom stereocenters. The van der Waals surface area contributed by atoms with Crippen molar-refractivity contribution in [2.45, 2.75) is 31.7 Å². The van der Waals surface area contributed by atoms with Crippen LogP contribution in [0.2, 0.25) is 0 Å². The number of aromatic nitrogens is 1. The molecule has 2 fully saturated rings. The fourth-order valence-electron chi connectivity index (χ4n) is 3.66. The number of carbonyl (C=O) groups is 1. The van der Waals surface area contributed by atoms with Crippen LogP contribution in [0.15, 0.2) is 23.0 Å². The first-order valence-electron chi connectivity index (χ1n) is 7.21. The number of piperidine rings is 1. The Bertz CT molecular complexity index is 588. The second kappa shape index (κ2) is 3.95. The average Bonchev–Trinajstić information content (AvgIpc) is 3.23.